The predicted octanol–water partition coefficient (Wildman–Crippen LogP) is 12.8. The molecule has 0 radical (unpaired) electrons. The van der Waals surface area contributed by atoms with Crippen molar-refractivity contribution in [2.75, 3.05) is 0 Å². The minimum absolute atomic E-state index is 0.641. The monoisotopic (exact) mass is 802 g/mol. The van der Waals surface area contributed by atoms with Gasteiger partial charge in [-0.1, -0.05) is 83.9 Å². The van der Waals surface area contributed by atoms with E-state index in [1.54, 1.807) is 0 Å². The van der Waals surface area contributed by atoms with E-state index in [1.807, 2.05) is 27.7 Å². The predicted molar refractivity (Wildman–Crippen MR) is 252 cm³/mol. The smallest absolute Gasteiger partial charge is 0.165 e. The molecule has 7 aromatic carbocycles. The van der Waals surface area contributed by atoms with E-state index in [0.717, 1.165) is 66.8 Å². The van der Waals surface area contributed by atoms with Gasteiger partial charge in [-0.15, -0.1) is 0 Å². The molecule has 0 bridgehead atoms. The highest BCUT2D eigenvalue weighted by Gasteiger charge is 2.20. The number of para-hydroxylation sites is 2. The van der Waals surface area contributed by atoms with Gasteiger partial charge in [0, 0.05) is 38.4 Å². The first-order valence-electron chi connectivity index (χ1n) is 20.9. The highest BCUT2D eigenvalue weighted by Crippen LogP contribution is 2.40. The number of aromatic nitrogens is 8. The lowest BCUT2D eigenvalue weighted by Gasteiger charge is -2.16. The first kappa shape index (κ1) is 37.2. The van der Waals surface area contributed by atoms with Crippen molar-refractivity contribution in [1.29, 1.82) is 0 Å². The quantitative estimate of drug-likeness (QED) is 0.166. The Balaban J connectivity index is 1.11. The van der Waals surface area contributed by atoms with E-state index < -0.39 is 0 Å². The fourth-order valence-electron chi connectivity index (χ4n) is 9.20. The van der Waals surface area contributed by atoms with Crippen LogP contribution in [0, 0.1) is 41.5 Å². The maximum Gasteiger partial charge on any atom is 0.165 e. The standard InChI is InChI=1S/C54H42N8/c1-31-18-21-50-45(24-31)43-14-7-9-16-48(43)61(50)42-28-40(27-41(29-42)53-57-33(3)55-34(4)58-53)38-13-11-12-37(26-38)39-20-23-52(47(30-39)54-59-35(5)56-36(6)60-54)62-49-17-10-8-15-44(49)46-25-32(2)19-22-51(46)62/h7-30H,1-6H3. The average Bonchev–Trinajstić information content (AvgIpc) is 3.77. The van der Waals surface area contributed by atoms with Crippen LogP contribution in [0.2, 0.25) is 0 Å². The van der Waals surface area contributed by atoms with Crippen molar-refractivity contribution in [3.8, 4) is 56.4 Å². The molecular weight excluding hydrogens is 761 g/mol. The van der Waals surface area contributed by atoms with Gasteiger partial charge in [-0.2, -0.15) is 0 Å². The topological polar surface area (TPSA) is 87.2 Å². The van der Waals surface area contributed by atoms with E-state index in [-0.39, 0.29) is 0 Å². The Morgan fingerprint density at radius 2 is 0.806 bits per heavy atom. The molecule has 4 aromatic heterocycles. The minimum atomic E-state index is 0.641. The van der Waals surface area contributed by atoms with E-state index in [0.29, 0.717) is 34.9 Å². The first-order valence-corrected chi connectivity index (χ1v) is 20.9. The van der Waals surface area contributed by atoms with E-state index in [1.165, 1.54) is 32.7 Å². The lowest BCUT2D eigenvalue weighted by Crippen LogP contribution is -2.03. The number of benzene rings is 7. The van der Waals surface area contributed by atoms with E-state index in [2.05, 4.69) is 179 Å². The van der Waals surface area contributed by atoms with Crippen LogP contribution in [-0.2, 0) is 0 Å². The largest absolute Gasteiger partial charge is 0.309 e. The van der Waals surface area contributed by atoms with E-state index >= 15 is 0 Å². The lowest BCUT2D eigenvalue weighted by atomic mass is 9.95. The molecular formula is C54H42N8. The number of nitrogens with zero attached hydrogens (tertiary/aromatic N) is 8. The summed E-state index contributed by atoms with van der Waals surface area (Å²) in [4.78, 5) is 28.6. The molecule has 62 heavy (non-hydrogen) atoms. The van der Waals surface area contributed by atoms with E-state index in [4.69, 9.17) is 19.9 Å². The second-order valence-electron chi connectivity index (χ2n) is 16.3. The van der Waals surface area contributed by atoms with Crippen molar-refractivity contribution in [3.05, 3.63) is 180 Å². The number of aryl methyl sites for hydroxylation is 6. The molecule has 0 N–H and O–H groups in total. The fourth-order valence-corrected chi connectivity index (χ4v) is 9.20. The molecule has 8 heteroatoms. The minimum Gasteiger partial charge on any atom is -0.309 e. The highest BCUT2D eigenvalue weighted by atomic mass is 15.0. The molecule has 11 aromatic rings. The third-order valence-electron chi connectivity index (χ3n) is 11.8. The Morgan fingerprint density at radius 3 is 1.44 bits per heavy atom. The van der Waals surface area contributed by atoms with Crippen molar-refractivity contribution in [1.82, 2.24) is 39.0 Å². The second kappa shape index (κ2) is 14.4. The van der Waals surface area contributed by atoms with Crippen molar-refractivity contribution >= 4 is 43.6 Å². The van der Waals surface area contributed by atoms with Crippen LogP contribution in [0.3, 0.4) is 0 Å². The molecule has 0 aliphatic carbocycles. The van der Waals surface area contributed by atoms with Crippen molar-refractivity contribution in [3.63, 3.8) is 0 Å². The van der Waals surface area contributed by atoms with Gasteiger partial charge in [-0.25, -0.2) is 29.9 Å². The van der Waals surface area contributed by atoms with E-state index in [9.17, 15) is 0 Å². The highest BCUT2D eigenvalue weighted by molar-refractivity contribution is 6.11. The van der Waals surface area contributed by atoms with Gasteiger partial charge in [-0.05, 0) is 137 Å². The molecule has 0 unspecified atom stereocenters. The molecule has 0 saturated carbocycles. The molecule has 0 atom stereocenters. The Bertz CT molecular complexity index is 3570. The molecule has 0 fully saturated rings. The SMILES string of the molecule is Cc1ccc2c(c1)c1ccccc1n2-c1cc(-c2cccc(-c3ccc(-n4c5ccccc5c5cc(C)ccc54)c(-c4nc(C)nc(C)n4)c3)c2)cc(-c2nc(C)nc(C)n2)c1. The third-order valence-corrected chi connectivity index (χ3v) is 11.8. The number of hydrogen-bond acceptors (Lipinski definition) is 6. The number of rotatable bonds is 6. The Kier molecular flexibility index (Phi) is 8.65. The third kappa shape index (κ3) is 6.30. The molecule has 298 valence electrons. The van der Waals surface area contributed by atoms with Crippen LogP contribution in [0.25, 0.3) is 100 Å². The summed E-state index contributed by atoms with van der Waals surface area (Å²) in [6.07, 6.45) is 0. The molecule has 8 nitrogen and oxygen atoms in total. The fraction of sp³-hybridized carbons (Fsp3) is 0.111. The average molecular weight is 803 g/mol. The van der Waals surface area contributed by atoms with Gasteiger partial charge in [0.15, 0.2) is 11.6 Å². The summed E-state index contributed by atoms with van der Waals surface area (Å²) in [7, 11) is 0. The van der Waals surface area contributed by atoms with Crippen LogP contribution in [0.5, 0.6) is 0 Å². The van der Waals surface area contributed by atoms with Crippen LogP contribution in [-0.4, -0.2) is 39.0 Å². The van der Waals surface area contributed by atoms with Crippen LogP contribution in [0.15, 0.2) is 146 Å². The number of fused-ring (bicyclic) bond motifs is 6. The van der Waals surface area contributed by atoms with Gasteiger partial charge in [0.05, 0.1) is 27.8 Å². The summed E-state index contributed by atoms with van der Waals surface area (Å²) in [6.45, 7) is 12.0. The molecule has 4 heterocycles. The first-order chi connectivity index (χ1) is 30.1. The normalized spacial score (nSPS) is 11.7. The second-order valence-corrected chi connectivity index (χ2v) is 16.3. The van der Waals surface area contributed by atoms with Gasteiger partial charge in [-0.3, -0.25) is 0 Å². The van der Waals surface area contributed by atoms with Crippen LogP contribution in [0.1, 0.15) is 34.4 Å². The summed E-state index contributed by atoms with van der Waals surface area (Å²) < 4.78 is 4.71. The molecule has 0 saturated heterocycles. The zero-order valence-corrected chi connectivity index (χ0v) is 35.4. The summed E-state index contributed by atoms with van der Waals surface area (Å²) in [5.74, 6) is 4.03. The van der Waals surface area contributed by atoms with Gasteiger partial charge in [0.1, 0.15) is 23.3 Å². The van der Waals surface area contributed by atoms with Crippen LogP contribution in [0.4, 0.5) is 0 Å². The molecule has 0 amide bonds. The van der Waals surface area contributed by atoms with Gasteiger partial charge < -0.3 is 9.13 Å². The summed E-state index contributed by atoms with van der Waals surface area (Å²) >= 11 is 0. The Morgan fingerprint density at radius 1 is 0.323 bits per heavy atom. The maximum absolute atomic E-state index is 4.93. The van der Waals surface area contributed by atoms with Crippen LogP contribution >= 0.6 is 0 Å². The van der Waals surface area contributed by atoms with Gasteiger partial charge in [0.2, 0.25) is 0 Å². The van der Waals surface area contributed by atoms with Crippen LogP contribution < -0.4 is 0 Å². The summed E-state index contributed by atoms with van der Waals surface area (Å²) in [5, 5.41) is 4.86. The zero-order chi connectivity index (χ0) is 42.2. The molecule has 0 aliphatic heterocycles. The molecule has 11 rings (SSSR count). The molecule has 0 spiro atoms. The Labute approximate surface area is 359 Å². The van der Waals surface area contributed by atoms with Crippen molar-refractivity contribution in [2.24, 2.45) is 0 Å². The maximum atomic E-state index is 4.93. The van der Waals surface area contributed by atoms with Crippen molar-refractivity contribution in [2.45, 2.75) is 41.5 Å². The van der Waals surface area contributed by atoms with Gasteiger partial charge in [0.25, 0.3) is 0 Å². The number of hydrogen-bond donors (Lipinski definition) is 0. The molecule has 0 aliphatic rings. The Hall–Kier alpha value is -7.84. The van der Waals surface area contributed by atoms with Crippen molar-refractivity contribution < 1.29 is 0 Å². The zero-order valence-electron chi connectivity index (χ0n) is 35.4. The summed E-state index contributed by atoms with van der Waals surface area (Å²) in [6, 6.07) is 52.7. The lowest BCUT2D eigenvalue weighted by molar-refractivity contribution is 0.926. The summed E-state index contributed by atoms with van der Waals surface area (Å²) in [5.41, 5.74) is 15.1. The van der Waals surface area contributed by atoms with Gasteiger partial charge >= 0.3 is 0 Å².